The summed E-state index contributed by atoms with van der Waals surface area (Å²) >= 11 is 3.24. The van der Waals surface area contributed by atoms with Gasteiger partial charge in [0.2, 0.25) is 11.8 Å². The van der Waals surface area contributed by atoms with Gasteiger partial charge in [0.05, 0.1) is 0 Å². The molecule has 2 rings (SSSR count). The summed E-state index contributed by atoms with van der Waals surface area (Å²) < 4.78 is 7.88. The number of nitrogens with one attached hydrogen (secondary N) is 1. The third kappa shape index (κ3) is 1.41. The van der Waals surface area contributed by atoms with Crippen molar-refractivity contribution in [2.45, 2.75) is 0 Å². The molecule has 0 aliphatic rings. The first-order valence-corrected chi connectivity index (χ1v) is 4.84. The summed E-state index contributed by atoms with van der Waals surface area (Å²) in [5, 5.41) is 10.9. The van der Waals surface area contributed by atoms with Gasteiger partial charge in [0.25, 0.3) is 0 Å². The number of nitrogens with zero attached hydrogens (tertiary/aromatic N) is 3. The average Bonchev–Trinajstić information content (AvgIpc) is 2.72. The Kier molecular flexibility index (Phi) is 2.28. The quantitative estimate of drug-likeness (QED) is 0.892. The number of halogens is 1. The SMILES string of the molecule is CNc1nnc(-c2ccc(Br)o2)n1C. The molecular formula is C8H9BrN4O. The van der Waals surface area contributed by atoms with E-state index in [0.29, 0.717) is 22.2 Å². The van der Waals surface area contributed by atoms with E-state index in [9.17, 15) is 0 Å². The van der Waals surface area contributed by atoms with Crippen LogP contribution in [0.3, 0.4) is 0 Å². The minimum Gasteiger partial charge on any atom is -0.446 e. The Hall–Kier alpha value is -1.30. The van der Waals surface area contributed by atoms with Crippen LogP contribution < -0.4 is 5.32 Å². The summed E-state index contributed by atoms with van der Waals surface area (Å²) in [5.41, 5.74) is 0. The van der Waals surface area contributed by atoms with Gasteiger partial charge in [-0.15, -0.1) is 10.2 Å². The van der Waals surface area contributed by atoms with Crippen molar-refractivity contribution in [2.24, 2.45) is 7.05 Å². The normalized spacial score (nSPS) is 10.5. The first-order valence-electron chi connectivity index (χ1n) is 4.05. The Bertz CT molecular complexity index is 448. The molecule has 1 N–H and O–H groups in total. The van der Waals surface area contributed by atoms with E-state index in [0.717, 1.165) is 0 Å². The second kappa shape index (κ2) is 3.45. The maximum Gasteiger partial charge on any atom is 0.224 e. The molecule has 0 amide bonds. The van der Waals surface area contributed by atoms with E-state index in [1.165, 1.54) is 0 Å². The Balaban J connectivity index is 2.46. The highest BCUT2D eigenvalue weighted by Crippen LogP contribution is 2.24. The van der Waals surface area contributed by atoms with Crippen LogP contribution >= 0.6 is 15.9 Å². The van der Waals surface area contributed by atoms with Gasteiger partial charge in [-0.25, -0.2) is 0 Å². The molecule has 74 valence electrons. The van der Waals surface area contributed by atoms with E-state index in [-0.39, 0.29) is 0 Å². The highest BCUT2D eigenvalue weighted by atomic mass is 79.9. The fourth-order valence-electron chi connectivity index (χ4n) is 1.20. The Morgan fingerprint density at radius 2 is 2.21 bits per heavy atom. The minimum atomic E-state index is 0.682. The molecule has 0 bridgehead atoms. The molecule has 0 aliphatic heterocycles. The van der Waals surface area contributed by atoms with Crippen molar-refractivity contribution in [3.05, 3.63) is 16.8 Å². The molecule has 0 aromatic carbocycles. The van der Waals surface area contributed by atoms with Gasteiger partial charge < -0.3 is 9.73 Å². The lowest BCUT2D eigenvalue weighted by Gasteiger charge is -1.99. The van der Waals surface area contributed by atoms with Crippen molar-refractivity contribution in [2.75, 3.05) is 12.4 Å². The van der Waals surface area contributed by atoms with Gasteiger partial charge in [-0.3, -0.25) is 4.57 Å². The van der Waals surface area contributed by atoms with E-state index in [4.69, 9.17) is 4.42 Å². The maximum atomic E-state index is 5.37. The number of anilines is 1. The van der Waals surface area contributed by atoms with Crippen molar-refractivity contribution >= 4 is 21.9 Å². The Morgan fingerprint density at radius 3 is 2.71 bits per heavy atom. The Morgan fingerprint density at radius 1 is 1.43 bits per heavy atom. The predicted molar refractivity (Wildman–Crippen MR) is 56.0 cm³/mol. The van der Waals surface area contributed by atoms with Crippen LogP contribution in [-0.4, -0.2) is 21.8 Å². The lowest BCUT2D eigenvalue weighted by Crippen LogP contribution is -1.99. The molecule has 5 nitrogen and oxygen atoms in total. The van der Waals surface area contributed by atoms with Gasteiger partial charge >= 0.3 is 0 Å². The van der Waals surface area contributed by atoms with Crippen LogP contribution in [0, 0.1) is 0 Å². The summed E-state index contributed by atoms with van der Waals surface area (Å²) in [6.07, 6.45) is 0. The smallest absolute Gasteiger partial charge is 0.224 e. The van der Waals surface area contributed by atoms with E-state index in [2.05, 4.69) is 31.4 Å². The van der Waals surface area contributed by atoms with Crippen LogP contribution in [0.15, 0.2) is 21.2 Å². The van der Waals surface area contributed by atoms with Crippen LogP contribution in [0.1, 0.15) is 0 Å². The molecule has 6 heteroatoms. The predicted octanol–water partition coefficient (Wildman–Crippen LogP) is 1.88. The summed E-state index contributed by atoms with van der Waals surface area (Å²) in [6, 6.07) is 3.66. The van der Waals surface area contributed by atoms with Gasteiger partial charge in [-0.05, 0) is 28.1 Å². The molecule has 0 radical (unpaired) electrons. The van der Waals surface area contributed by atoms with E-state index in [1.807, 2.05) is 23.7 Å². The zero-order valence-corrected chi connectivity index (χ0v) is 9.37. The van der Waals surface area contributed by atoms with Gasteiger partial charge in [0.15, 0.2) is 10.4 Å². The second-order valence-electron chi connectivity index (χ2n) is 2.76. The summed E-state index contributed by atoms with van der Waals surface area (Å²) in [6.45, 7) is 0. The fourth-order valence-corrected chi connectivity index (χ4v) is 1.50. The maximum absolute atomic E-state index is 5.37. The van der Waals surface area contributed by atoms with Crippen molar-refractivity contribution in [1.82, 2.24) is 14.8 Å². The highest BCUT2D eigenvalue weighted by molar-refractivity contribution is 9.10. The molecule has 0 spiro atoms. The number of hydrogen-bond donors (Lipinski definition) is 1. The molecular weight excluding hydrogens is 248 g/mol. The molecule has 0 atom stereocenters. The van der Waals surface area contributed by atoms with E-state index < -0.39 is 0 Å². The first kappa shape index (κ1) is 9.26. The zero-order chi connectivity index (χ0) is 10.1. The lowest BCUT2D eigenvalue weighted by atomic mass is 10.4. The lowest BCUT2D eigenvalue weighted by molar-refractivity contribution is 0.548. The Labute approximate surface area is 89.3 Å². The minimum absolute atomic E-state index is 0.682. The van der Waals surface area contributed by atoms with Crippen LogP contribution in [0.4, 0.5) is 5.95 Å². The first-order chi connectivity index (χ1) is 6.72. The van der Waals surface area contributed by atoms with Crippen molar-refractivity contribution in [3.63, 3.8) is 0 Å². The van der Waals surface area contributed by atoms with E-state index >= 15 is 0 Å². The summed E-state index contributed by atoms with van der Waals surface area (Å²) in [5.74, 6) is 2.08. The fraction of sp³-hybridized carbons (Fsp3) is 0.250. The average molecular weight is 257 g/mol. The van der Waals surface area contributed by atoms with Gasteiger partial charge in [0.1, 0.15) is 0 Å². The molecule has 0 aliphatic carbocycles. The largest absolute Gasteiger partial charge is 0.446 e. The van der Waals surface area contributed by atoms with Crippen LogP contribution in [0.5, 0.6) is 0 Å². The molecule has 14 heavy (non-hydrogen) atoms. The van der Waals surface area contributed by atoms with Crippen LogP contribution in [0.2, 0.25) is 0 Å². The number of aromatic nitrogens is 3. The third-order valence-electron chi connectivity index (χ3n) is 1.89. The van der Waals surface area contributed by atoms with Gasteiger partial charge in [-0.1, -0.05) is 0 Å². The molecule has 0 saturated heterocycles. The second-order valence-corrected chi connectivity index (χ2v) is 3.54. The van der Waals surface area contributed by atoms with Crippen LogP contribution in [0.25, 0.3) is 11.6 Å². The van der Waals surface area contributed by atoms with Crippen molar-refractivity contribution in [3.8, 4) is 11.6 Å². The molecule has 0 saturated carbocycles. The van der Waals surface area contributed by atoms with E-state index in [1.54, 1.807) is 7.05 Å². The molecule has 2 aromatic rings. The standard InChI is InChI=1S/C8H9BrN4O/c1-10-8-12-11-7(13(8)2)5-3-4-6(9)14-5/h3-4H,1-2H3,(H,10,12). The van der Waals surface area contributed by atoms with Gasteiger partial charge in [0, 0.05) is 14.1 Å². The highest BCUT2D eigenvalue weighted by Gasteiger charge is 2.12. The zero-order valence-electron chi connectivity index (χ0n) is 7.78. The summed E-state index contributed by atoms with van der Waals surface area (Å²) in [4.78, 5) is 0. The van der Waals surface area contributed by atoms with Crippen molar-refractivity contribution in [1.29, 1.82) is 0 Å². The third-order valence-corrected chi connectivity index (χ3v) is 2.32. The number of furan rings is 1. The van der Waals surface area contributed by atoms with Crippen molar-refractivity contribution < 1.29 is 4.42 Å². The molecule has 0 fully saturated rings. The monoisotopic (exact) mass is 256 g/mol. The number of hydrogen-bond acceptors (Lipinski definition) is 4. The number of rotatable bonds is 2. The molecule has 2 heterocycles. The van der Waals surface area contributed by atoms with Gasteiger partial charge in [-0.2, -0.15) is 0 Å². The molecule has 0 unspecified atom stereocenters. The molecule has 2 aromatic heterocycles. The van der Waals surface area contributed by atoms with Crippen LogP contribution in [-0.2, 0) is 7.05 Å². The summed E-state index contributed by atoms with van der Waals surface area (Å²) in [7, 11) is 3.67. The topological polar surface area (TPSA) is 55.9 Å².